The highest BCUT2D eigenvalue weighted by Gasteiger charge is 2.06. The summed E-state index contributed by atoms with van der Waals surface area (Å²) in [6.07, 6.45) is -0.296. The number of phenolic OH excluding ortho intramolecular Hbond substituents is 1. The van der Waals surface area contributed by atoms with Crippen LogP contribution in [0.25, 0.3) is 0 Å². The number of hydrogen-bond acceptors (Lipinski definition) is 3. The highest BCUT2D eigenvalue weighted by atomic mass is 16.6. The van der Waals surface area contributed by atoms with E-state index in [1.54, 1.807) is 24.3 Å². The van der Waals surface area contributed by atoms with Crippen molar-refractivity contribution in [1.82, 2.24) is 5.32 Å². The van der Waals surface area contributed by atoms with Gasteiger partial charge in [-0.05, 0) is 12.1 Å². The van der Waals surface area contributed by atoms with E-state index < -0.39 is 0 Å². The summed E-state index contributed by atoms with van der Waals surface area (Å²) < 4.78 is 4.40. The fraction of sp³-hybridized carbons (Fsp3) is 0.222. The van der Waals surface area contributed by atoms with Crippen molar-refractivity contribution in [2.45, 2.75) is 0 Å². The monoisotopic (exact) mass is 181 g/mol. The topological polar surface area (TPSA) is 58.6 Å². The summed E-state index contributed by atoms with van der Waals surface area (Å²) in [6, 6.07) is 8.71. The fourth-order valence-electron chi connectivity index (χ4n) is 0.776. The number of ether oxygens (including phenoxy) is 1. The summed E-state index contributed by atoms with van der Waals surface area (Å²) in [5.41, 5.74) is 0. The summed E-state index contributed by atoms with van der Waals surface area (Å²) in [4.78, 5) is 9.91. The second-order valence-corrected chi connectivity index (χ2v) is 2.40. The predicted molar refractivity (Wildman–Crippen MR) is 47.5 cm³/mol. The van der Waals surface area contributed by atoms with Gasteiger partial charge in [-0.2, -0.15) is 0 Å². The van der Waals surface area contributed by atoms with Crippen molar-refractivity contribution in [2.24, 2.45) is 0 Å². The summed E-state index contributed by atoms with van der Waals surface area (Å²) in [5.74, 6) is 0.322. The Kier molecular flexibility index (Phi) is 3.63. The number of benzene rings is 1. The van der Waals surface area contributed by atoms with Crippen molar-refractivity contribution in [2.75, 3.05) is 13.2 Å². The van der Waals surface area contributed by atoms with Crippen LogP contribution in [0.3, 0.4) is 0 Å². The Balaban J connectivity index is 0.000000132. The molecule has 1 aromatic rings. The van der Waals surface area contributed by atoms with Gasteiger partial charge in [-0.1, -0.05) is 18.2 Å². The quantitative estimate of drug-likeness (QED) is 0.630. The lowest BCUT2D eigenvalue weighted by Gasteiger charge is -1.82. The molecule has 1 amide bonds. The van der Waals surface area contributed by atoms with E-state index in [-0.39, 0.29) is 6.09 Å². The van der Waals surface area contributed by atoms with Crippen LogP contribution in [0.5, 0.6) is 5.75 Å². The van der Waals surface area contributed by atoms with Crippen molar-refractivity contribution in [3.63, 3.8) is 0 Å². The molecule has 0 unspecified atom stereocenters. The third-order valence-electron chi connectivity index (χ3n) is 1.36. The fourth-order valence-corrected chi connectivity index (χ4v) is 0.776. The van der Waals surface area contributed by atoms with Gasteiger partial charge in [0.05, 0.1) is 6.54 Å². The zero-order valence-corrected chi connectivity index (χ0v) is 7.06. The van der Waals surface area contributed by atoms with Crippen molar-refractivity contribution in [1.29, 1.82) is 0 Å². The molecule has 1 heterocycles. The molecular formula is C9H11NO3. The smallest absolute Gasteiger partial charge is 0.407 e. The van der Waals surface area contributed by atoms with Crippen molar-refractivity contribution in [3.8, 4) is 5.75 Å². The molecule has 2 N–H and O–H groups in total. The minimum Gasteiger partial charge on any atom is -0.508 e. The van der Waals surface area contributed by atoms with E-state index >= 15 is 0 Å². The molecule has 0 atom stereocenters. The van der Waals surface area contributed by atoms with E-state index in [4.69, 9.17) is 5.11 Å². The Hall–Kier alpha value is -1.71. The lowest BCUT2D eigenvalue weighted by Crippen LogP contribution is -2.11. The zero-order valence-electron chi connectivity index (χ0n) is 7.06. The average molecular weight is 181 g/mol. The molecule has 13 heavy (non-hydrogen) atoms. The van der Waals surface area contributed by atoms with E-state index in [1.807, 2.05) is 6.07 Å². The van der Waals surface area contributed by atoms with Crippen LogP contribution in [-0.2, 0) is 4.74 Å². The normalized spacial score (nSPS) is 13.7. The lowest BCUT2D eigenvalue weighted by atomic mass is 10.3. The van der Waals surface area contributed by atoms with Crippen LogP contribution in [0.4, 0.5) is 4.79 Å². The Morgan fingerprint density at radius 2 is 2.00 bits per heavy atom. The van der Waals surface area contributed by atoms with E-state index in [2.05, 4.69) is 10.1 Å². The number of phenols is 1. The molecule has 4 nitrogen and oxygen atoms in total. The summed E-state index contributed by atoms with van der Waals surface area (Å²) in [6.45, 7) is 1.19. The first kappa shape index (κ1) is 9.38. The van der Waals surface area contributed by atoms with E-state index in [9.17, 15) is 4.79 Å². The highest BCUT2D eigenvalue weighted by molar-refractivity contribution is 5.68. The molecular weight excluding hydrogens is 170 g/mol. The van der Waals surface area contributed by atoms with Gasteiger partial charge in [0.1, 0.15) is 12.4 Å². The Morgan fingerprint density at radius 1 is 1.31 bits per heavy atom. The third kappa shape index (κ3) is 4.00. The van der Waals surface area contributed by atoms with Gasteiger partial charge >= 0.3 is 6.09 Å². The van der Waals surface area contributed by atoms with E-state index in [0.717, 1.165) is 0 Å². The number of cyclic esters (lactones) is 1. The first-order valence-electron chi connectivity index (χ1n) is 3.93. The van der Waals surface area contributed by atoms with Crippen LogP contribution in [0.15, 0.2) is 30.3 Å². The lowest BCUT2D eigenvalue weighted by molar-refractivity contribution is 0.178. The SMILES string of the molecule is O=C1NCCO1.Oc1ccccc1. The maximum atomic E-state index is 9.91. The minimum atomic E-state index is -0.296. The van der Waals surface area contributed by atoms with Gasteiger partial charge in [-0.25, -0.2) is 4.79 Å². The van der Waals surface area contributed by atoms with Crippen molar-refractivity contribution in [3.05, 3.63) is 30.3 Å². The number of rotatable bonds is 0. The molecule has 0 bridgehead atoms. The largest absolute Gasteiger partial charge is 0.508 e. The van der Waals surface area contributed by atoms with Gasteiger partial charge in [-0.3, -0.25) is 0 Å². The maximum Gasteiger partial charge on any atom is 0.407 e. The first-order valence-corrected chi connectivity index (χ1v) is 3.93. The molecule has 1 saturated heterocycles. The summed E-state index contributed by atoms with van der Waals surface area (Å²) in [5, 5.41) is 11.1. The molecule has 1 aromatic carbocycles. The van der Waals surface area contributed by atoms with E-state index in [0.29, 0.717) is 18.9 Å². The van der Waals surface area contributed by atoms with Gasteiger partial charge in [0, 0.05) is 0 Å². The molecule has 0 radical (unpaired) electrons. The van der Waals surface area contributed by atoms with Crippen LogP contribution in [0.2, 0.25) is 0 Å². The minimum absolute atomic E-state index is 0.296. The van der Waals surface area contributed by atoms with Gasteiger partial charge in [0.2, 0.25) is 0 Å². The van der Waals surface area contributed by atoms with Crippen LogP contribution in [-0.4, -0.2) is 24.4 Å². The number of carbonyl (C=O) groups excluding carboxylic acids is 1. The maximum absolute atomic E-state index is 9.91. The Labute approximate surface area is 76.1 Å². The Bertz CT molecular complexity index is 253. The molecule has 70 valence electrons. The average Bonchev–Trinajstić information content (AvgIpc) is 2.58. The zero-order chi connectivity index (χ0) is 9.52. The molecule has 4 heteroatoms. The third-order valence-corrected chi connectivity index (χ3v) is 1.36. The van der Waals surface area contributed by atoms with E-state index in [1.165, 1.54) is 0 Å². The first-order chi connectivity index (χ1) is 6.29. The van der Waals surface area contributed by atoms with Gasteiger partial charge < -0.3 is 15.2 Å². The molecule has 1 fully saturated rings. The number of amides is 1. The second kappa shape index (κ2) is 5.03. The number of para-hydroxylation sites is 1. The highest BCUT2D eigenvalue weighted by Crippen LogP contribution is 2.02. The molecule has 0 aliphatic carbocycles. The number of carbonyl (C=O) groups is 1. The summed E-state index contributed by atoms with van der Waals surface area (Å²) >= 11 is 0. The van der Waals surface area contributed by atoms with Crippen LogP contribution in [0, 0.1) is 0 Å². The van der Waals surface area contributed by atoms with Gasteiger partial charge in [0.15, 0.2) is 0 Å². The molecule has 0 saturated carbocycles. The molecule has 2 rings (SSSR count). The Morgan fingerprint density at radius 3 is 2.23 bits per heavy atom. The van der Waals surface area contributed by atoms with Crippen molar-refractivity contribution >= 4 is 6.09 Å². The van der Waals surface area contributed by atoms with Crippen molar-refractivity contribution < 1.29 is 14.6 Å². The number of alkyl carbamates (subject to hydrolysis) is 1. The predicted octanol–water partition coefficient (Wildman–Crippen LogP) is 1.12. The molecule has 1 aliphatic rings. The molecule has 0 spiro atoms. The molecule has 1 aliphatic heterocycles. The number of aromatic hydroxyl groups is 1. The number of hydrogen-bond donors (Lipinski definition) is 2. The molecule has 0 aromatic heterocycles. The number of nitrogens with one attached hydrogen (secondary N) is 1. The van der Waals surface area contributed by atoms with Crippen LogP contribution in [0.1, 0.15) is 0 Å². The summed E-state index contributed by atoms with van der Waals surface area (Å²) in [7, 11) is 0. The van der Waals surface area contributed by atoms with Crippen LogP contribution < -0.4 is 5.32 Å². The van der Waals surface area contributed by atoms with Crippen LogP contribution >= 0.6 is 0 Å². The standard InChI is InChI=1S/C6H6O.C3H5NO2/c7-6-4-2-1-3-5-6;5-3-4-1-2-6-3/h1-5,7H;1-2H2,(H,4,5). The van der Waals surface area contributed by atoms with Gasteiger partial charge in [-0.15, -0.1) is 0 Å². The second-order valence-electron chi connectivity index (χ2n) is 2.40. The van der Waals surface area contributed by atoms with Gasteiger partial charge in [0.25, 0.3) is 0 Å².